The second kappa shape index (κ2) is 3.70. The van der Waals surface area contributed by atoms with Crippen LogP contribution in [0.3, 0.4) is 0 Å². The molecule has 0 saturated carbocycles. The molecule has 2 aromatic carbocycles. The third kappa shape index (κ3) is 1.29. The Labute approximate surface area is 99.0 Å². The molecule has 86 valence electrons. The molecule has 3 rings (SSSR count). The number of hydrogen-bond donors (Lipinski definition) is 1. The number of ether oxygens (including phenoxy) is 2. The van der Waals surface area contributed by atoms with Gasteiger partial charge in [-0.05, 0) is 6.07 Å². The Hall–Kier alpha value is -2.16. The number of benzene rings is 2. The lowest BCUT2D eigenvalue weighted by Gasteiger charge is -2.11. The monoisotopic (exact) mass is 227 g/mol. The number of fused-ring (bicyclic) bond motifs is 2. The van der Waals surface area contributed by atoms with Crippen LogP contribution in [0, 0.1) is 0 Å². The molecule has 0 aliphatic carbocycles. The Kier molecular flexibility index (Phi) is 2.18. The fraction of sp³-hybridized carbons (Fsp3) is 0.143. The number of methoxy groups -OCH3 is 2. The number of aromatic nitrogens is 1. The maximum atomic E-state index is 5.52. The van der Waals surface area contributed by atoms with Gasteiger partial charge in [-0.25, -0.2) is 0 Å². The third-order valence-electron chi connectivity index (χ3n) is 3.04. The van der Waals surface area contributed by atoms with Crippen LogP contribution in [0.5, 0.6) is 11.5 Å². The molecule has 17 heavy (non-hydrogen) atoms. The van der Waals surface area contributed by atoms with Crippen molar-refractivity contribution in [2.45, 2.75) is 0 Å². The number of aromatic amines is 1. The second-order valence-corrected chi connectivity index (χ2v) is 3.88. The van der Waals surface area contributed by atoms with Crippen LogP contribution in [0.1, 0.15) is 0 Å². The third-order valence-corrected chi connectivity index (χ3v) is 3.04. The van der Waals surface area contributed by atoms with E-state index in [1.807, 2.05) is 36.5 Å². The van der Waals surface area contributed by atoms with Crippen molar-refractivity contribution in [1.29, 1.82) is 0 Å². The highest BCUT2D eigenvalue weighted by atomic mass is 16.5. The van der Waals surface area contributed by atoms with Gasteiger partial charge in [-0.15, -0.1) is 0 Å². The van der Waals surface area contributed by atoms with Gasteiger partial charge in [0, 0.05) is 22.4 Å². The molecule has 3 heteroatoms. The second-order valence-electron chi connectivity index (χ2n) is 3.88. The molecule has 0 radical (unpaired) electrons. The number of H-pyrrole nitrogens is 1. The van der Waals surface area contributed by atoms with E-state index in [1.165, 1.54) is 0 Å². The molecule has 0 saturated heterocycles. The van der Waals surface area contributed by atoms with Crippen molar-refractivity contribution in [3.05, 3.63) is 36.5 Å². The summed E-state index contributed by atoms with van der Waals surface area (Å²) in [5, 5.41) is 3.17. The zero-order valence-electron chi connectivity index (χ0n) is 9.78. The summed E-state index contributed by atoms with van der Waals surface area (Å²) in [6.45, 7) is 0. The van der Waals surface area contributed by atoms with Crippen LogP contribution in [0.2, 0.25) is 0 Å². The van der Waals surface area contributed by atoms with Crippen LogP contribution >= 0.6 is 0 Å². The lowest BCUT2D eigenvalue weighted by atomic mass is 10.1. The maximum Gasteiger partial charge on any atom is 0.150 e. The Morgan fingerprint density at radius 2 is 1.47 bits per heavy atom. The van der Waals surface area contributed by atoms with Crippen molar-refractivity contribution in [2.75, 3.05) is 14.2 Å². The van der Waals surface area contributed by atoms with Gasteiger partial charge in [0.15, 0.2) is 5.75 Å². The number of rotatable bonds is 2. The summed E-state index contributed by atoms with van der Waals surface area (Å²) in [4.78, 5) is 3.20. The van der Waals surface area contributed by atoms with Gasteiger partial charge in [0.25, 0.3) is 0 Å². The average Bonchev–Trinajstić information content (AvgIpc) is 2.84. The zero-order chi connectivity index (χ0) is 11.8. The van der Waals surface area contributed by atoms with Crippen LogP contribution in [0.15, 0.2) is 36.5 Å². The molecule has 0 bridgehead atoms. The van der Waals surface area contributed by atoms with Crippen molar-refractivity contribution in [3.63, 3.8) is 0 Å². The van der Waals surface area contributed by atoms with Crippen molar-refractivity contribution >= 4 is 21.7 Å². The Morgan fingerprint density at radius 3 is 2.12 bits per heavy atom. The van der Waals surface area contributed by atoms with Gasteiger partial charge in [0.2, 0.25) is 0 Å². The first kappa shape index (κ1) is 10.0. The SMILES string of the molecule is COc1c2ccccc2c(OC)c2[nH]ccc12. The van der Waals surface area contributed by atoms with Crippen LogP contribution in [0.4, 0.5) is 0 Å². The normalized spacial score (nSPS) is 10.9. The van der Waals surface area contributed by atoms with E-state index in [4.69, 9.17) is 9.47 Å². The summed E-state index contributed by atoms with van der Waals surface area (Å²) in [6.07, 6.45) is 1.90. The van der Waals surface area contributed by atoms with Gasteiger partial charge in [-0.3, -0.25) is 0 Å². The summed E-state index contributed by atoms with van der Waals surface area (Å²) < 4.78 is 11.0. The molecule has 1 heterocycles. The average molecular weight is 227 g/mol. The minimum Gasteiger partial charge on any atom is -0.495 e. The molecule has 0 amide bonds. The van der Waals surface area contributed by atoms with Gasteiger partial charge in [0.05, 0.1) is 19.7 Å². The van der Waals surface area contributed by atoms with E-state index in [-0.39, 0.29) is 0 Å². The molecular formula is C14H13NO2. The predicted molar refractivity (Wildman–Crippen MR) is 68.9 cm³/mol. The standard InChI is InChI=1S/C14H13NO2/c1-16-13-9-5-3-4-6-10(9)14(17-2)12-11(13)7-8-15-12/h3-8,15H,1-2H3. The molecule has 3 aromatic rings. The first-order valence-corrected chi connectivity index (χ1v) is 5.46. The van der Waals surface area contributed by atoms with Crippen LogP contribution < -0.4 is 9.47 Å². The van der Waals surface area contributed by atoms with E-state index in [0.29, 0.717) is 0 Å². The van der Waals surface area contributed by atoms with Crippen LogP contribution in [0.25, 0.3) is 21.7 Å². The van der Waals surface area contributed by atoms with Crippen LogP contribution in [-0.4, -0.2) is 19.2 Å². The predicted octanol–water partition coefficient (Wildman–Crippen LogP) is 3.34. The van der Waals surface area contributed by atoms with Gasteiger partial charge in [-0.2, -0.15) is 0 Å². The highest BCUT2D eigenvalue weighted by Gasteiger charge is 2.14. The smallest absolute Gasteiger partial charge is 0.150 e. The van der Waals surface area contributed by atoms with E-state index in [9.17, 15) is 0 Å². The molecule has 0 atom stereocenters. The number of nitrogens with one attached hydrogen (secondary N) is 1. The highest BCUT2D eigenvalue weighted by molar-refractivity contribution is 6.09. The van der Waals surface area contributed by atoms with Crippen molar-refractivity contribution in [1.82, 2.24) is 4.98 Å². The molecule has 0 spiro atoms. The summed E-state index contributed by atoms with van der Waals surface area (Å²) >= 11 is 0. The summed E-state index contributed by atoms with van der Waals surface area (Å²) in [5.74, 6) is 1.75. The topological polar surface area (TPSA) is 34.2 Å². The van der Waals surface area contributed by atoms with Crippen LogP contribution in [-0.2, 0) is 0 Å². The minimum absolute atomic E-state index is 0.862. The Balaban J connectivity index is 2.60. The first-order chi connectivity index (χ1) is 8.36. The van der Waals surface area contributed by atoms with E-state index >= 15 is 0 Å². The van der Waals surface area contributed by atoms with E-state index in [1.54, 1.807) is 14.2 Å². The Morgan fingerprint density at radius 1 is 0.824 bits per heavy atom. The van der Waals surface area contributed by atoms with Gasteiger partial charge in [0.1, 0.15) is 5.75 Å². The van der Waals surface area contributed by atoms with E-state index < -0.39 is 0 Å². The largest absolute Gasteiger partial charge is 0.495 e. The number of hydrogen-bond acceptors (Lipinski definition) is 2. The molecule has 1 aromatic heterocycles. The van der Waals surface area contributed by atoms with Gasteiger partial charge in [-0.1, -0.05) is 24.3 Å². The molecule has 0 aliphatic rings. The Bertz CT molecular complexity index is 628. The summed E-state index contributed by atoms with van der Waals surface area (Å²) in [6, 6.07) is 10.1. The van der Waals surface area contributed by atoms with Crippen molar-refractivity contribution in [3.8, 4) is 11.5 Å². The van der Waals surface area contributed by atoms with E-state index in [0.717, 1.165) is 33.2 Å². The summed E-state index contributed by atoms with van der Waals surface area (Å²) in [7, 11) is 3.38. The van der Waals surface area contributed by atoms with Gasteiger partial charge >= 0.3 is 0 Å². The van der Waals surface area contributed by atoms with Crippen molar-refractivity contribution in [2.24, 2.45) is 0 Å². The molecule has 0 aliphatic heterocycles. The minimum atomic E-state index is 0.862. The van der Waals surface area contributed by atoms with Gasteiger partial charge < -0.3 is 14.5 Å². The van der Waals surface area contributed by atoms with E-state index in [2.05, 4.69) is 4.98 Å². The quantitative estimate of drug-likeness (QED) is 0.728. The molecular weight excluding hydrogens is 214 g/mol. The molecule has 3 nitrogen and oxygen atoms in total. The fourth-order valence-electron chi connectivity index (χ4n) is 2.34. The lowest BCUT2D eigenvalue weighted by molar-refractivity contribution is 0.417. The zero-order valence-corrected chi connectivity index (χ0v) is 9.78. The summed E-state index contributed by atoms with van der Waals surface area (Å²) in [5.41, 5.74) is 0.975. The van der Waals surface area contributed by atoms with Crippen molar-refractivity contribution < 1.29 is 9.47 Å². The molecule has 0 unspecified atom stereocenters. The fourth-order valence-corrected chi connectivity index (χ4v) is 2.34. The molecule has 0 fully saturated rings. The lowest BCUT2D eigenvalue weighted by Crippen LogP contribution is -1.91. The highest BCUT2D eigenvalue weighted by Crippen LogP contribution is 2.41. The first-order valence-electron chi connectivity index (χ1n) is 5.46. The molecule has 1 N–H and O–H groups in total. The maximum absolute atomic E-state index is 5.52.